The number of pyridine rings is 2. The van der Waals surface area contributed by atoms with Gasteiger partial charge >= 0.3 is 6.09 Å². The number of amides is 2. The van der Waals surface area contributed by atoms with Crippen molar-refractivity contribution in [2.24, 2.45) is 5.73 Å². The Morgan fingerprint density at radius 1 is 1.13 bits per heavy atom. The molecule has 2 aliphatic rings. The van der Waals surface area contributed by atoms with E-state index in [4.69, 9.17) is 24.9 Å². The van der Waals surface area contributed by atoms with Gasteiger partial charge in [0.1, 0.15) is 17.1 Å². The van der Waals surface area contributed by atoms with Gasteiger partial charge in [-0.2, -0.15) is 0 Å². The molecular weight excluding hydrogens is 591 g/mol. The fourth-order valence-electron chi connectivity index (χ4n) is 5.94. The highest BCUT2D eigenvalue weighted by molar-refractivity contribution is 6.04. The van der Waals surface area contributed by atoms with E-state index in [0.29, 0.717) is 35.6 Å². The molecule has 1 aliphatic carbocycles. The summed E-state index contributed by atoms with van der Waals surface area (Å²) in [5.74, 6) is 0.110. The molecule has 244 valence electrons. The standard InChI is InChI=1S/C34H41FN6O5/c1-34(2,3)46-33(43)39-26-12-7-6-11-25(26)38-31-29(35)23-19-41(18-20-13-14-21(44-4)16-27(20)45-5)32(42)28(23)30(40-31)22(17-36)24-10-8-9-15-37-24/h8-10,13-17,25-26H,6-7,11-12,18-19,36H2,1-5H3,(H,38,40)(H,39,43)/b22-17+/t25-,26+/m1/s1. The van der Waals surface area contributed by atoms with Crippen molar-refractivity contribution in [1.82, 2.24) is 20.2 Å². The first-order valence-corrected chi connectivity index (χ1v) is 15.3. The maximum absolute atomic E-state index is 16.5. The number of methoxy groups -OCH3 is 2. The number of benzene rings is 1. The zero-order chi connectivity index (χ0) is 33.0. The predicted octanol–water partition coefficient (Wildman–Crippen LogP) is 5.38. The average molecular weight is 633 g/mol. The van der Waals surface area contributed by atoms with Gasteiger partial charge in [-0.05, 0) is 57.9 Å². The summed E-state index contributed by atoms with van der Waals surface area (Å²) in [5.41, 5.74) is 7.64. The van der Waals surface area contributed by atoms with Gasteiger partial charge in [0, 0.05) is 47.7 Å². The number of fused-ring (bicyclic) bond motifs is 1. The van der Waals surface area contributed by atoms with Gasteiger partial charge in [0.15, 0.2) is 11.6 Å². The van der Waals surface area contributed by atoms with Gasteiger partial charge < -0.3 is 35.5 Å². The number of rotatable bonds is 9. The van der Waals surface area contributed by atoms with Gasteiger partial charge in [-0.25, -0.2) is 14.2 Å². The first-order valence-electron chi connectivity index (χ1n) is 15.3. The minimum Gasteiger partial charge on any atom is -0.497 e. The normalized spacial score (nSPS) is 18.2. The Morgan fingerprint density at radius 2 is 1.89 bits per heavy atom. The van der Waals surface area contributed by atoms with Crippen molar-refractivity contribution in [2.75, 3.05) is 19.5 Å². The number of alkyl carbamates (subject to hydrolysis) is 1. The molecule has 46 heavy (non-hydrogen) atoms. The number of nitrogens with one attached hydrogen (secondary N) is 2. The molecule has 12 heteroatoms. The van der Waals surface area contributed by atoms with Gasteiger partial charge in [0.05, 0.1) is 43.8 Å². The lowest BCUT2D eigenvalue weighted by Crippen LogP contribution is -2.50. The fourth-order valence-corrected chi connectivity index (χ4v) is 5.94. The highest BCUT2D eigenvalue weighted by atomic mass is 19.1. The lowest BCUT2D eigenvalue weighted by atomic mass is 9.90. The quantitative estimate of drug-likeness (QED) is 0.283. The van der Waals surface area contributed by atoms with Crippen LogP contribution in [0.1, 0.15) is 79.3 Å². The zero-order valence-electron chi connectivity index (χ0n) is 26.9. The zero-order valence-corrected chi connectivity index (χ0v) is 26.9. The lowest BCUT2D eigenvalue weighted by Gasteiger charge is -2.34. The summed E-state index contributed by atoms with van der Waals surface area (Å²) in [6.45, 7) is 5.57. The summed E-state index contributed by atoms with van der Waals surface area (Å²) in [4.78, 5) is 37.3. The molecule has 3 aromatic rings. The van der Waals surface area contributed by atoms with E-state index in [2.05, 4.69) is 15.6 Å². The number of anilines is 1. The molecule has 2 amide bonds. The Balaban J connectivity index is 1.52. The van der Waals surface area contributed by atoms with Gasteiger partial charge in [-0.1, -0.05) is 18.9 Å². The van der Waals surface area contributed by atoms with Crippen LogP contribution < -0.4 is 25.8 Å². The summed E-state index contributed by atoms with van der Waals surface area (Å²) >= 11 is 0. The Morgan fingerprint density at radius 3 is 2.54 bits per heavy atom. The monoisotopic (exact) mass is 632 g/mol. The van der Waals surface area contributed by atoms with Crippen molar-refractivity contribution < 1.29 is 28.2 Å². The molecule has 4 N–H and O–H groups in total. The smallest absolute Gasteiger partial charge is 0.407 e. The fraction of sp³-hybridized carbons (Fsp3) is 0.412. The number of ether oxygens (including phenoxy) is 3. The molecular formula is C34H41FN6O5. The second-order valence-electron chi connectivity index (χ2n) is 12.4. The van der Waals surface area contributed by atoms with Gasteiger partial charge in [0.2, 0.25) is 0 Å². The maximum Gasteiger partial charge on any atom is 0.407 e. The number of hydrogen-bond donors (Lipinski definition) is 3. The summed E-state index contributed by atoms with van der Waals surface area (Å²) in [5, 5.41) is 6.22. The Bertz CT molecular complexity index is 1620. The number of carbonyl (C=O) groups excluding carboxylic acids is 2. The van der Waals surface area contributed by atoms with Crippen molar-refractivity contribution in [3.8, 4) is 11.5 Å². The first-order chi connectivity index (χ1) is 22.0. The number of nitrogens with zero attached hydrogens (tertiary/aromatic N) is 3. The van der Waals surface area contributed by atoms with Crippen LogP contribution in [0, 0.1) is 5.82 Å². The second-order valence-corrected chi connectivity index (χ2v) is 12.4. The molecule has 1 aliphatic heterocycles. The minimum atomic E-state index is -0.658. The van der Waals surface area contributed by atoms with Crippen molar-refractivity contribution >= 4 is 23.4 Å². The topological polar surface area (TPSA) is 141 Å². The first kappa shape index (κ1) is 32.5. The second kappa shape index (κ2) is 13.6. The van der Waals surface area contributed by atoms with Gasteiger partial charge in [-0.15, -0.1) is 0 Å². The van der Waals surface area contributed by atoms with Crippen LogP contribution in [-0.2, 0) is 17.8 Å². The third kappa shape index (κ3) is 7.00. The highest BCUT2D eigenvalue weighted by Gasteiger charge is 2.38. The van der Waals surface area contributed by atoms with E-state index in [1.165, 1.54) is 6.20 Å². The maximum atomic E-state index is 16.5. The number of aromatic nitrogens is 2. The number of carbonyl (C=O) groups is 2. The summed E-state index contributed by atoms with van der Waals surface area (Å²) in [6.07, 6.45) is 5.57. The largest absolute Gasteiger partial charge is 0.497 e. The van der Waals surface area contributed by atoms with Crippen LogP contribution in [0.5, 0.6) is 11.5 Å². The molecule has 2 aromatic heterocycles. The van der Waals surface area contributed by atoms with Crippen LogP contribution in [0.2, 0.25) is 0 Å². The Kier molecular flexibility index (Phi) is 9.64. The Labute approximate surface area is 268 Å². The third-order valence-electron chi connectivity index (χ3n) is 8.09. The molecule has 2 atom stereocenters. The molecule has 3 heterocycles. The van der Waals surface area contributed by atoms with E-state index in [1.54, 1.807) is 76.4 Å². The molecule has 5 rings (SSSR count). The van der Waals surface area contributed by atoms with Crippen LogP contribution in [0.25, 0.3) is 5.57 Å². The van der Waals surface area contributed by atoms with E-state index in [-0.39, 0.29) is 47.8 Å². The van der Waals surface area contributed by atoms with Crippen molar-refractivity contribution in [3.63, 3.8) is 0 Å². The molecule has 11 nitrogen and oxygen atoms in total. The van der Waals surface area contributed by atoms with Gasteiger partial charge in [0.25, 0.3) is 5.91 Å². The predicted molar refractivity (Wildman–Crippen MR) is 172 cm³/mol. The van der Waals surface area contributed by atoms with E-state index in [9.17, 15) is 9.59 Å². The summed E-state index contributed by atoms with van der Waals surface area (Å²) in [6, 6.07) is 10.0. The minimum absolute atomic E-state index is 0.00368. The Hall–Kier alpha value is -4.87. The third-order valence-corrected chi connectivity index (χ3v) is 8.09. The van der Waals surface area contributed by atoms with Crippen molar-refractivity contribution in [3.05, 3.63) is 82.7 Å². The highest BCUT2D eigenvalue weighted by Crippen LogP contribution is 2.38. The van der Waals surface area contributed by atoms with Crippen LogP contribution >= 0.6 is 0 Å². The molecule has 1 fully saturated rings. The molecule has 0 bridgehead atoms. The van der Waals surface area contributed by atoms with Crippen LogP contribution in [-0.4, -0.2) is 58.8 Å². The van der Waals surface area contributed by atoms with Gasteiger partial charge in [-0.3, -0.25) is 9.78 Å². The molecule has 1 aromatic carbocycles. The van der Waals surface area contributed by atoms with E-state index < -0.39 is 23.4 Å². The molecule has 0 unspecified atom stereocenters. The molecule has 0 spiro atoms. The van der Waals surface area contributed by atoms with Crippen LogP contribution in [0.3, 0.4) is 0 Å². The molecule has 0 saturated heterocycles. The summed E-state index contributed by atoms with van der Waals surface area (Å²) in [7, 11) is 3.10. The van der Waals surface area contributed by atoms with E-state index in [1.807, 2.05) is 6.07 Å². The van der Waals surface area contributed by atoms with E-state index >= 15 is 4.39 Å². The lowest BCUT2D eigenvalue weighted by molar-refractivity contribution is 0.0488. The van der Waals surface area contributed by atoms with E-state index in [0.717, 1.165) is 18.4 Å². The van der Waals surface area contributed by atoms with Crippen LogP contribution in [0.15, 0.2) is 48.8 Å². The summed E-state index contributed by atoms with van der Waals surface area (Å²) < 4.78 is 32.8. The number of hydrogen-bond acceptors (Lipinski definition) is 9. The van der Waals surface area contributed by atoms with Crippen molar-refractivity contribution in [2.45, 2.75) is 77.2 Å². The number of nitrogens with two attached hydrogens (primary N) is 1. The SMILES string of the molecule is COc1ccc(CN2Cc3c(F)c(N[C@@H]4CCCC[C@@H]4NC(=O)OC(C)(C)C)nc(/C(=C/N)c4ccccn4)c3C2=O)c(OC)c1. The van der Waals surface area contributed by atoms with Crippen LogP contribution in [0.4, 0.5) is 15.0 Å². The van der Waals surface area contributed by atoms with Crippen molar-refractivity contribution in [1.29, 1.82) is 0 Å². The molecule has 1 saturated carbocycles. The number of halogens is 1. The average Bonchev–Trinajstić information content (AvgIpc) is 3.36. The molecule has 0 radical (unpaired) electrons.